The van der Waals surface area contributed by atoms with Gasteiger partial charge in [0.05, 0.1) is 6.61 Å². The molecule has 4 aliphatic carbocycles. The Kier molecular flexibility index (Phi) is 6.74. The van der Waals surface area contributed by atoms with Crippen LogP contribution >= 0.6 is 0 Å². The van der Waals surface area contributed by atoms with E-state index < -0.39 is 0 Å². The number of nitrogens with one attached hydrogen (secondary N) is 1. The molecule has 2 aromatic heterocycles. The second kappa shape index (κ2) is 10.0. The molecule has 4 bridgehead atoms. The van der Waals surface area contributed by atoms with Gasteiger partial charge < -0.3 is 19.9 Å². The van der Waals surface area contributed by atoms with Gasteiger partial charge in [-0.15, -0.1) is 0 Å². The summed E-state index contributed by atoms with van der Waals surface area (Å²) in [4.78, 5) is 35.5. The Morgan fingerprint density at radius 3 is 2.43 bits per heavy atom. The van der Waals surface area contributed by atoms with Crippen LogP contribution in [0.5, 0.6) is 0 Å². The predicted octanol–water partition coefficient (Wildman–Crippen LogP) is 3.46. The van der Waals surface area contributed by atoms with Crippen LogP contribution in [-0.4, -0.2) is 84.0 Å². The molecule has 1 N–H and O–H groups in total. The van der Waals surface area contributed by atoms with E-state index in [0.717, 1.165) is 50.3 Å². The van der Waals surface area contributed by atoms with E-state index in [1.165, 1.54) is 38.5 Å². The molecule has 3 heterocycles. The maximum absolute atomic E-state index is 13.3. The molecule has 5 fully saturated rings. The van der Waals surface area contributed by atoms with Gasteiger partial charge in [0.1, 0.15) is 17.0 Å². The largest absolute Gasteiger partial charge is 0.383 e. The molecule has 1 aliphatic heterocycles. The summed E-state index contributed by atoms with van der Waals surface area (Å²) in [6.07, 6.45) is 11.6. The van der Waals surface area contributed by atoms with E-state index in [4.69, 9.17) is 4.74 Å². The van der Waals surface area contributed by atoms with Crippen molar-refractivity contribution in [2.45, 2.75) is 57.4 Å². The lowest BCUT2D eigenvalue weighted by molar-refractivity contribution is -0.0503. The van der Waals surface area contributed by atoms with E-state index in [-0.39, 0.29) is 17.2 Å². The SMILES string of the molecule is COCCN(C)C1CCN(C(=O)c2cn3c(C(=O)NCC45CC6CC(CC(C6)C4)C5)cccc3n2)CC1. The molecule has 8 heteroatoms. The minimum Gasteiger partial charge on any atom is -0.383 e. The van der Waals surface area contributed by atoms with Gasteiger partial charge in [-0.3, -0.25) is 14.0 Å². The number of imidazole rings is 1. The summed E-state index contributed by atoms with van der Waals surface area (Å²) in [7, 11) is 3.85. The number of fused-ring (bicyclic) bond motifs is 1. The number of hydrogen-bond donors (Lipinski definition) is 1. The highest BCUT2D eigenvalue weighted by atomic mass is 16.5. The third-order valence-corrected chi connectivity index (χ3v) is 9.76. The first-order valence-corrected chi connectivity index (χ1v) is 14.2. The van der Waals surface area contributed by atoms with Crippen LogP contribution in [0, 0.1) is 23.2 Å². The first kappa shape index (κ1) is 24.9. The zero-order valence-corrected chi connectivity index (χ0v) is 22.3. The monoisotopic (exact) mass is 507 g/mol. The van der Waals surface area contributed by atoms with Gasteiger partial charge in [-0.25, -0.2) is 4.98 Å². The molecule has 2 amide bonds. The van der Waals surface area contributed by atoms with Crippen molar-refractivity contribution in [2.75, 3.05) is 46.9 Å². The van der Waals surface area contributed by atoms with Crippen molar-refractivity contribution in [2.24, 2.45) is 23.2 Å². The van der Waals surface area contributed by atoms with E-state index in [9.17, 15) is 9.59 Å². The molecule has 0 aromatic carbocycles. The molecular formula is C29H41N5O3. The number of pyridine rings is 1. The van der Waals surface area contributed by atoms with Crippen LogP contribution in [0.1, 0.15) is 72.3 Å². The molecule has 4 saturated carbocycles. The van der Waals surface area contributed by atoms with E-state index in [1.807, 2.05) is 23.1 Å². The highest BCUT2D eigenvalue weighted by molar-refractivity contribution is 5.95. The number of piperidine rings is 1. The van der Waals surface area contributed by atoms with Gasteiger partial charge in [-0.1, -0.05) is 6.07 Å². The number of aromatic nitrogens is 2. The van der Waals surface area contributed by atoms with E-state index in [1.54, 1.807) is 17.7 Å². The third kappa shape index (κ3) is 4.90. The minimum absolute atomic E-state index is 0.0541. The lowest BCUT2D eigenvalue weighted by Crippen LogP contribution is -2.51. The lowest BCUT2D eigenvalue weighted by Gasteiger charge is -2.56. The number of carbonyl (C=O) groups excluding carboxylic acids is 2. The quantitative estimate of drug-likeness (QED) is 0.592. The normalized spacial score (nSPS) is 29.4. The number of amides is 2. The third-order valence-electron chi connectivity index (χ3n) is 9.76. The predicted molar refractivity (Wildman–Crippen MR) is 142 cm³/mol. The number of ether oxygens (including phenoxy) is 1. The number of likely N-dealkylation sites (tertiary alicyclic amines) is 1. The van der Waals surface area contributed by atoms with Gasteiger partial charge in [0.15, 0.2) is 0 Å². The van der Waals surface area contributed by atoms with Crippen molar-refractivity contribution < 1.29 is 14.3 Å². The average molecular weight is 508 g/mol. The highest BCUT2D eigenvalue weighted by Crippen LogP contribution is 2.59. The fourth-order valence-electron chi connectivity index (χ4n) is 8.25. The molecule has 7 rings (SSSR count). The van der Waals surface area contributed by atoms with Crippen LogP contribution in [0.25, 0.3) is 5.65 Å². The van der Waals surface area contributed by atoms with Gasteiger partial charge >= 0.3 is 0 Å². The molecule has 8 nitrogen and oxygen atoms in total. The first-order valence-electron chi connectivity index (χ1n) is 14.2. The Morgan fingerprint density at radius 1 is 1.11 bits per heavy atom. The standard InChI is InChI=1S/C29H41N5O3/c1-32(10-11-37-2)23-6-8-33(9-7-23)28(36)24-18-34-25(4-3-5-26(34)31-24)27(35)30-19-29-15-20-12-21(16-29)14-22(13-20)17-29/h3-5,18,20-23H,6-17,19H2,1-2H3,(H,30,35). The number of carbonyl (C=O) groups is 2. The van der Waals surface area contributed by atoms with Crippen molar-refractivity contribution in [1.29, 1.82) is 0 Å². The van der Waals surface area contributed by atoms with Crippen LogP contribution in [-0.2, 0) is 4.74 Å². The van der Waals surface area contributed by atoms with Gasteiger partial charge in [0, 0.05) is 45.5 Å². The maximum atomic E-state index is 13.3. The van der Waals surface area contributed by atoms with Crippen LogP contribution in [0.3, 0.4) is 0 Å². The van der Waals surface area contributed by atoms with Crippen LogP contribution < -0.4 is 5.32 Å². The summed E-state index contributed by atoms with van der Waals surface area (Å²) in [6, 6.07) is 6.02. The smallest absolute Gasteiger partial charge is 0.274 e. The number of likely N-dealkylation sites (N-methyl/N-ethyl adjacent to an activating group) is 1. The average Bonchev–Trinajstić information content (AvgIpc) is 3.34. The fourth-order valence-corrected chi connectivity index (χ4v) is 8.25. The van der Waals surface area contributed by atoms with Crippen LogP contribution in [0.15, 0.2) is 24.4 Å². The van der Waals surface area contributed by atoms with Crippen molar-refractivity contribution in [3.05, 3.63) is 35.8 Å². The molecule has 2 aromatic rings. The van der Waals surface area contributed by atoms with Gasteiger partial charge in [0.2, 0.25) is 0 Å². The van der Waals surface area contributed by atoms with Gasteiger partial charge in [-0.2, -0.15) is 0 Å². The Hall–Kier alpha value is -2.45. The Morgan fingerprint density at radius 2 is 1.78 bits per heavy atom. The van der Waals surface area contributed by atoms with E-state index in [2.05, 4.69) is 22.2 Å². The summed E-state index contributed by atoms with van der Waals surface area (Å²) in [6.45, 7) is 3.81. The number of nitrogens with zero attached hydrogens (tertiary/aromatic N) is 4. The molecule has 37 heavy (non-hydrogen) atoms. The highest BCUT2D eigenvalue weighted by Gasteiger charge is 2.50. The zero-order chi connectivity index (χ0) is 25.6. The Balaban J connectivity index is 1.11. The van der Waals surface area contributed by atoms with Crippen molar-refractivity contribution in [1.82, 2.24) is 24.5 Å². The van der Waals surface area contributed by atoms with Gasteiger partial charge in [-0.05, 0) is 93.7 Å². The maximum Gasteiger partial charge on any atom is 0.274 e. The zero-order valence-electron chi connectivity index (χ0n) is 22.3. The topological polar surface area (TPSA) is 79.2 Å². The lowest BCUT2D eigenvalue weighted by atomic mass is 9.49. The number of methoxy groups -OCH3 is 1. The molecule has 0 spiro atoms. The summed E-state index contributed by atoms with van der Waals surface area (Å²) in [5.41, 5.74) is 1.89. The summed E-state index contributed by atoms with van der Waals surface area (Å²) in [5.74, 6) is 2.47. The van der Waals surface area contributed by atoms with E-state index in [0.29, 0.717) is 36.2 Å². The molecule has 200 valence electrons. The van der Waals surface area contributed by atoms with Crippen LogP contribution in [0.2, 0.25) is 0 Å². The molecule has 5 aliphatic rings. The van der Waals surface area contributed by atoms with Crippen molar-refractivity contribution in [3.63, 3.8) is 0 Å². The summed E-state index contributed by atoms with van der Waals surface area (Å²) < 4.78 is 6.99. The minimum atomic E-state index is -0.0716. The first-order chi connectivity index (χ1) is 17.9. The van der Waals surface area contributed by atoms with Crippen molar-refractivity contribution in [3.8, 4) is 0 Å². The molecule has 0 radical (unpaired) electrons. The number of rotatable bonds is 8. The summed E-state index contributed by atoms with van der Waals surface area (Å²) in [5, 5.41) is 3.28. The summed E-state index contributed by atoms with van der Waals surface area (Å²) >= 11 is 0. The van der Waals surface area contributed by atoms with Gasteiger partial charge in [0.25, 0.3) is 11.8 Å². The fraction of sp³-hybridized carbons (Fsp3) is 0.690. The Labute approximate surface area is 219 Å². The van der Waals surface area contributed by atoms with E-state index >= 15 is 0 Å². The molecule has 0 atom stereocenters. The second-order valence-electron chi connectivity index (χ2n) is 12.4. The molecule has 1 saturated heterocycles. The second-order valence-corrected chi connectivity index (χ2v) is 12.4. The molecular weight excluding hydrogens is 466 g/mol. The Bertz CT molecular complexity index is 1120. The number of hydrogen-bond acceptors (Lipinski definition) is 5. The molecule has 0 unspecified atom stereocenters. The van der Waals surface area contributed by atoms with Crippen molar-refractivity contribution >= 4 is 17.5 Å². The van der Waals surface area contributed by atoms with Crippen LogP contribution in [0.4, 0.5) is 0 Å².